The van der Waals surface area contributed by atoms with Gasteiger partial charge in [-0.1, -0.05) is 30.7 Å². The highest BCUT2D eigenvalue weighted by Crippen LogP contribution is 2.34. The van der Waals surface area contributed by atoms with E-state index in [9.17, 15) is 9.90 Å². The Morgan fingerprint density at radius 1 is 1.29 bits per heavy atom. The minimum Gasteiger partial charge on any atom is -0.478 e. The Labute approximate surface area is 132 Å². The largest absolute Gasteiger partial charge is 0.478 e. The zero-order chi connectivity index (χ0) is 15.4. The van der Waals surface area contributed by atoms with Crippen LogP contribution in [0.1, 0.15) is 22.8 Å². The Balaban J connectivity index is 2.46. The van der Waals surface area contributed by atoms with Crippen molar-refractivity contribution in [3.05, 3.63) is 52.5 Å². The number of benzene rings is 2. The topological polar surface area (TPSA) is 46.5 Å². The van der Waals surface area contributed by atoms with E-state index in [0.29, 0.717) is 21.4 Å². The third-order valence-corrected chi connectivity index (χ3v) is 4.05. The first-order valence-electron chi connectivity index (χ1n) is 6.46. The summed E-state index contributed by atoms with van der Waals surface area (Å²) in [6, 6.07) is 10.5. The number of hydrogen-bond donors (Lipinski definition) is 1. The molecular weight excluding hydrogens is 308 g/mol. The predicted molar refractivity (Wildman–Crippen MR) is 86.1 cm³/mol. The van der Waals surface area contributed by atoms with Crippen molar-refractivity contribution in [2.75, 3.05) is 5.75 Å². The van der Waals surface area contributed by atoms with Gasteiger partial charge in [0.25, 0.3) is 0 Å². The third-order valence-electron chi connectivity index (χ3n) is 2.87. The molecule has 0 aliphatic rings. The van der Waals surface area contributed by atoms with Gasteiger partial charge in [0.1, 0.15) is 17.1 Å². The smallest absolute Gasteiger partial charge is 0.340 e. The molecule has 0 bridgehead atoms. The van der Waals surface area contributed by atoms with Gasteiger partial charge in [0.2, 0.25) is 0 Å². The number of ether oxygens (including phenoxy) is 1. The minimum atomic E-state index is -0.999. The van der Waals surface area contributed by atoms with Crippen molar-refractivity contribution < 1.29 is 14.6 Å². The molecule has 0 amide bonds. The van der Waals surface area contributed by atoms with Crippen LogP contribution in [0.25, 0.3) is 0 Å². The van der Waals surface area contributed by atoms with E-state index in [1.165, 1.54) is 11.8 Å². The van der Waals surface area contributed by atoms with Crippen molar-refractivity contribution in [1.29, 1.82) is 0 Å². The number of hydrogen-bond acceptors (Lipinski definition) is 3. The fourth-order valence-electron chi connectivity index (χ4n) is 1.88. The van der Waals surface area contributed by atoms with Gasteiger partial charge in [0.15, 0.2) is 0 Å². The van der Waals surface area contributed by atoms with Crippen LogP contribution in [0, 0.1) is 6.92 Å². The maximum Gasteiger partial charge on any atom is 0.340 e. The predicted octanol–water partition coefficient (Wildman–Crippen LogP) is 5.25. The second-order valence-corrected chi connectivity index (χ2v) is 6.12. The van der Waals surface area contributed by atoms with E-state index in [1.54, 1.807) is 30.3 Å². The summed E-state index contributed by atoms with van der Waals surface area (Å²) >= 11 is 7.44. The van der Waals surface area contributed by atoms with Crippen molar-refractivity contribution >= 4 is 29.3 Å². The van der Waals surface area contributed by atoms with Gasteiger partial charge in [0, 0.05) is 9.92 Å². The zero-order valence-electron chi connectivity index (χ0n) is 11.7. The fraction of sp³-hybridized carbons (Fsp3) is 0.188. The van der Waals surface area contributed by atoms with E-state index in [0.717, 1.165) is 11.3 Å². The van der Waals surface area contributed by atoms with Crippen molar-refractivity contribution in [2.24, 2.45) is 0 Å². The molecular formula is C16H15ClO3S. The number of rotatable bonds is 5. The van der Waals surface area contributed by atoms with Crippen LogP contribution in [0.3, 0.4) is 0 Å². The monoisotopic (exact) mass is 322 g/mol. The standard InChI is InChI=1S/C16H15ClO3S/c1-3-21-14-6-4-5-12(15(14)16(18)19)20-13-9-11(17)8-7-10(13)2/h4-9H,3H2,1-2H3,(H,18,19). The van der Waals surface area contributed by atoms with Crippen LogP contribution in [0.2, 0.25) is 5.02 Å². The number of carbonyl (C=O) groups is 1. The maximum absolute atomic E-state index is 11.5. The van der Waals surface area contributed by atoms with Gasteiger partial charge >= 0.3 is 5.97 Å². The minimum absolute atomic E-state index is 0.184. The average Bonchev–Trinajstić information content (AvgIpc) is 2.43. The highest BCUT2D eigenvalue weighted by molar-refractivity contribution is 7.99. The maximum atomic E-state index is 11.5. The molecule has 2 aromatic carbocycles. The first-order chi connectivity index (χ1) is 10.0. The van der Waals surface area contributed by atoms with E-state index in [1.807, 2.05) is 19.9 Å². The molecule has 0 aromatic heterocycles. The molecule has 0 saturated carbocycles. The Bertz CT molecular complexity index is 671. The van der Waals surface area contributed by atoms with Crippen LogP contribution < -0.4 is 4.74 Å². The molecule has 110 valence electrons. The van der Waals surface area contributed by atoms with Gasteiger partial charge in [-0.05, 0) is 42.5 Å². The Morgan fingerprint density at radius 2 is 2.05 bits per heavy atom. The van der Waals surface area contributed by atoms with Gasteiger partial charge in [-0.25, -0.2) is 4.79 Å². The van der Waals surface area contributed by atoms with Gasteiger partial charge in [0.05, 0.1) is 0 Å². The molecule has 3 nitrogen and oxygen atoms in total. The Morgan fingerprint density at radius 3 is 2.71 bits per heavy atom. The first-order valence-corrected chi connectivity index (χ1v) is 7.82. The molecule has 0 fully saturated rings. The molecule has 0 saturated heterocycles. The van der Waals surface area contributed by atoms with Gasteiger partial charge < -0.3 is 9.84 Å². The number of carboxylic acids is 1. The highest BCUT2D eigenvalue weighted by Gasteiger charge is 2.18. The van der Waals surface area contributed by atoms with E-state index >= 15 is 0 Å². The molecule has 0 aliphatic heterocycles. The summed E-state index contributed by atoms with van der Waals surface area (Å²) in [6.07, 6.45) is 0. The molecule has 21 heavy (non-hydrogen) atoms. The number of aromatic carboxylic acids is 1. The summed E-state index contributed by atoms with van der Waals surface area (Å²) < 4.78 is 5.79. The van der Waals surface area contributed by atoms with Crippen LogP contribution in [0.5, 0.6) is 11.5 Å². The van der Waals surface area contributed by atoms with Crippen LogP contribution in [0.15, 0.2) is 41.3 Å². The van der Waals surface area contributed by atoms with Crippen LogP contribution in [-0.4, -0.2) is 16.8 Å². The SMILES string of the molecule is CCSc1cccc(Oc2cc(Cl)ccc2C)c1C(=O)O. The second kappa shape index (κ2) is 6.87. The molecule has 0 aliphatic carbocycles. The highest BCUT2D eigenvalue weighted by atomic mass is 35.5. The molecule has 5 heteroatoms. The van der Waals surface area contributed by atoms with Gasteiger partial charge in [-0.15, -0.1) is 11.8 Å². The summed E-state index contributed by atoms with van der Waals surface area (Å²) in [4.78, 5) is 12.2. The van der Waals surface area contributed by atoms with Crippen LogP contribution >= 0.6 is 23.4 Å². The zero-order valence-corrected chi connectivity index (χ0v) is 13.3. The summed E-state index contributed by atoms with van der Waals surface area (Å²) in [5, 5.41) is 10.0. The molecule has 0 atom stereocenters. The number of aryl methyl sites for hydroxylation is 1. The molecule has 0 unspecified atom stereocenters. The van der Waals surface area contributed by atoms with Gasteiger partial charge in [-0.2, -0.15) is 0 Å². The van der Waals surface area contributed by atoms with Crippen molar-refractivity contribution in [3.63, 3.8) is 0 Å². The normalized spacial score (nSPS) is 10.4. The fourth-order valence-corrected chi connectivity index (χ4v) is 2.87. The second-order valence-electron chi connectivity index (χ2n) is 4.38. The lowest BCUT2D eigenvalue weighted by Gasteiger charge is -2.13. The molecule has 0 spiro atoms. The molecule has 0 radical (unpaired) electrons. The summed E-state index contributed by atoms with van der Waals surface area (Å²) in [5.74, 6) is 0.677. The van der Waals surface area contributed by atoms with E-state index in [2.05, 4.69) is 0 Å². The van der Waals surface area contributed by atoms with E-state index in [-0.39, 0.29) is 5.56 Å². The van der Waals surface area contributed by atoms with Gasteiger partial charge in [-0.3, -0.25) is 0 Å². The summed E-state index contributed by atoms with van der Waals surface area (Å²) in [5.41, 5.74) is 1.08. The summed E-state index contributed by atoms with van der Waals surface area (Å²) in [7, 11) is 0. The molecule has 1 N–H and O–H groups in total. The number of thioether (sulfide) groups is 1. The Kier molecular flexibility index (Phi) is 5.15. The van der Waals surface area contributed by atoms with Crippen LogP contribution in [-0.2, 0) is 0 Å². The number of carboxylic acid groups (broad SMARTS) is 1. The molecule has 2 rings (SSSR count). The quantitative estimate of drug-likeness (QED) is 0.763. The van der Waals surface area contributed by atoms with Crippen molar-refractivity contribution in [3.8, 4) is 11.5 Å². The van der Waals surface area contributed by atoms with Crippen molar-refractivity contribution in [1.82, 2.24) is 0 Å². The van der Waals surface area contributed by atoms with Crippen molar-refractivity contribution in [2.45, 2.75) is 18.7 Å². The van der Waals surface area contributed by atoms with Crippen LogP contribution in [0.4, 0.5) is 0 Å². The molecule has 2 aromatic rings. The lowest BCUT2D eigenvalue weighted by molar-refractivity contribution is 0.0690. The summed E-state index contributed by atoms with van der Waals surface area (Å²) in [6.45, 7) is 3.86. The first kappa shape index (κ1) is 15.7. The Hall–Kier alpha value is -1.65. The molecule has 0 heterocycles. The third kappa shape index (κ3) is 3.71. The lowest BCUT2D eigenvalue weighted by Crippen LogP contribution is -2.03. The van der Waals surface area contributed by atoms with E-state index in [4.69, 9.17) is 16.3 Å². The van der Waals surface area contributed by atoms with E-state index < -0.39 is 5.97 Å². The lowest BCUT2D eigenvalue weighted by atomic mass is 10.2. The average molecular weight is 323 g/mol. The number of halogens is 1.